The Labute approximate surface area is 168 Å². The van der Waals surface area contributed by atoms with Gasteiger partial charge in [0.2, 0.25) is 0 Å². The van der Waals surface area contributed by atoms with Gasteiger partial charge in [-0.15, -0.1) is 13.2 Å². The van der Waals surface area contributed by atoms with E-state index < -0.39 is 52.8 Å². The van der Waals surface area contributed by atoms with Crippen LogP contribution in [0, 0.1) is 23.3 Å². The molecule has 31 heavy (non-hydrogen) atoms. The molecule has 0 saturated carbocycles. The summed E-state index contributed by atoms with van der Waals surface area (Å²) >= 11 is 0. The van der Waals surface area contributed by atoms with Crippen molar-refractivity contribution in [3.63, 3.8) is 0 Å². The minimum atomic E-state index is -5.23. The Morgan fingerprint density at radius 3 is 1.68 bits per heavy atom. The van der Waals surface area contributed by atoms with E-state index in [-0.39, 0.29) is 17.2 Å². The van der Waals surface area contributed by atoms with Crippen molar-refractivity contribution in [2.24, 2.45) is 0 Å². The highest BCUT2D eigenvalue weighted by Gasteiger charge is 2.41. The van der Waals surface area contributed by atoms with Crippen molar-refractivity contribution in [3.8, 4) is 22.6 Å². The van der Waals surface area contributed by atoms with Crippen LogP contribution in [0.2, 0.25) is 0 Å². The normalized spacial score (nSPS) is 12.0. The van der Waals surface area contributed by atoms with Crippen LogP contribution in [0.3, 0.4) is 0 Å². The summed E-state index contributed by atoms with van der Waals surface area (Å²) in [6.45, 7) is 0. The summed E-state index contributed by atoms with van der Waals surface area (Å²) in [5, 5.41) is 0. The summed E-state index contributed by atoms with van der Waals surface area (Å²) in [5.41, 5.74) is -1.85. The Balaban J connectivity index is 1.89. The first kappa shape index (κ1) is 22.3. The van der Waals surface area contributed by atoms with E-state index in [9.17, 15) is 39.5 Å². The number of benzene rings is 3. The van der Waals surface area contributed by atoms with E-state index in [2.05, 4.69) is 9.47 Å². The van der Waals surface area contributed by atoms with Crippen molar-refractivity contribution in [3.05, 3.63) is 83.4 Å². The summed E-state index contributed by atoms with van der Waals surface area (Å²) in [5.74, 6) is -8.09. The molecule has 2 nitrogen and oxygen atoms in total. The Hall–Kier alpha value is -3.37. The number of halogens is 9. The standard InChI is InChI=1S/C20H9F9O2/c21-12-3-1-10(2-4-12)11-7-15(23)18(16(24)8-11)19(25,26)30-13-5-6-17(14(22)9-13)31-20(27,28)29/h1-9H. The molecular weight excluding hydrogens is 443 g/mol. The average Bonchev–Trinajstić information content (AvgIpc) is 2.62. The van der Waals surface area contributed by atoms with E-state index in [4.69, 9.17) is 0 Å². The molecule has 0 aliphatic carbocycles. The average molecular weight is 452 g/mol. The smallest absolute Gasteiger partial charge is 0.429 e. The van der Waals surface area contributed by atoms with Crippen LogP contribution < -0.4 is 9.47 Å². The molecule has 0 unspecified atom stereocenters. The van der Waals surface area contributed by atoms with Crippen LogP contribution in [0.4, 0.5) is 39.5 Å². The van der Waals surface area contributed by atoms with Crippen LogP contribution in [0.1, 0.15) is 5.56 Å². The van der Waals surface area contributed by atoms with E-state index in [1.807, 2.05) is 0 Å². The van der Waals surface area contributed by atoms with Gasteiger partial charge in [0.05, 0.1) is 0 Å². The molecule has 0 atom stereocenters. The van der Waals surface area contributed by atoms with Crippen LogP contribution >= 0.6 is 0 Å². The molecule has 0 amide bonds. The van der Waals surface area contributed by atoms with Crippen molar-refractivity contribution < 1.29 is 49.0 Å². The maximum Gasteiger partial charge on any atom is 0.573 e. The fourth-order valence-corrected chi connectivity index (χ4v) is 2.61. The Morgan fingerprint density at radius 2 is 1.16 bits per heavy atom. The molecule has 3 aromatic carbocycles. The second-order valence-corrected chi connectivity index (χ2v) is 6.08. The highest BCUT2D eigenvalue weighted by atomic mass is 19.4. The van der Waals surface area contributed by atoms with Crippen molar-refractivity contribution in [1.29, 1.82) is 0 Å². The lowest BCUT2D eigenvalue weighted by atomic mass is 10.0. The molecule has 3 aromatic rings. The monoisotopic (exact) mass is 452 g/mol. The van der Waals surface area contributed by atoms with Gasteiger partial charge in [-0.05, 0) is 47.5 Å². The fourth-order valence-electron chi connectivity index (χ4n) is 2.61. The van der Waals surface area contributed by atoms with Gasteiger partial charge < -0.3 is 9.47 Å². The molecule has 0 N–H and O–H groups in total. The van der Waals surface area contributed by atoms with Crippen LogP contribution in [-0.2, 0) is 6.11 Å². The highest BCUT2D eigenvalue weighted by molar-refractivity contribution is 5.64. The quantitative estimate of drug-likeness (QED) is 0.391. The van der Waals surface area contributed by atoms with Gasteiger partial charge in [-0.3, -0.25) is 0 Å². The molecule has 3 rings (SSSR count). The lowest BCUT2D eigenvalue weighted by Gasteiger charge is -2.20. The number of hydrogen-bond acceptors (Lipinski definition) is 2. The predicted octanol–water partition coefficient (Wildman–Crippen LogP) is 6.94. The third kappa shape index (κ3) is 5.22. The zero-order valence-electron chi connectivity index (χ0n) is 14.9. The summed E-state index contributed by atoms with van der Waals surface area (Å²) < 4.78 is 128. The minimum absolute atomic E-state index is 0.136. The first-order valence-electron chi connectivity index (χ1n) is 8.23. The third-order valence-electron chi connectivity index (χ3n) is 3.89. The molecule has 0 aliphatic heterocycles. The summed E-state index contributed by atoms with van der Waals surface area (Å²) in [7, 11) is 0. The van der Waals surface area contributed by atoms with E-state index in [0.29, 0.717) is 24.3 Å². The van der Waals surface area contributed by atoms with Crippen LogP contribution in [0.15, 0.2) is 54.6 Å². The van der Waals surface area contributed by atoms with Crippen molar-refractivity contribution in [1.82, 2.24) is 0 Å². The minimum Gasteiger partial charge on any atom is -0.429 e. The van der Waals surface area contributed by atoms with Crippen LogP contribution in [0.25, 0.3) is 11.1 Å². The molecule has 0 aromatic heterocycles. The van der Waals surface area contributed by atoms with Crippen LogP contribution in [-0.4, -0.2) is 6.36 Å². The van der Waals surface area contributed by atoms with Gasteiger partial charge in [-0.2, -0.15) is 8.78 Å². The summed E-state index contributed by atoms with van der Waals surface area (Å²) in [6.07, 6.45) is -9.89. The van der Waals surface area contributed by atoms with Crippen molar-refractivity contribution in [2.75, 3.05) is 0 Å². The second kappa shape index (κ2) is 8.05. The van der Waals surface area contributed by atoms with Gasteiger partial charge in [0.1, 0.15) is 28.8 Å². The first-order chi connectivity index (χ1) is 14.4. The first-order valence-corrected chi connectivity index (χ1v) is 8.23. The molecule has 0 aliphatic rings. The Kier molecular flexibility index (Phi) is 5.79. The van der Waals surface area contributed by atoms with E-state index in [0.717, 1.165) is 12.1 Å². The number of hydrogen-bond donors (Lipinski definition) is 0. The zero-order valence-corrected chi connectivity index (χ0v) is 14.9. The van der Waals surface area contributed by atoms with Crippen molar-refractivity contribution >= 4 is 0 Å². The van der Waals surface area contributed by atoms with E-state index in [1.54, 1.807) is 0 Å². The predicted molar refractivity (Wildman–Crippen MR) is 89.4 cm³/mol. The maximum absolute atomic E-state index is 14.4. The molecule has 0 radical (unpaired) electrons. The third-order valence-corrected chi connectivity index (χ3v) is 3.89. The molecule has 164 valence electrons. The molecule has 0 heterocycles. The van der Waals surface area contributed by atoms with Gasteiger partial charge in [0.15, 0.2) is 11.6 Å². The molecule has 0 fully saturated rings. The van der Waals surface area contributed by atoms with Crippen LogP contribution in [0.5, 0.6) is 11.5 Å². The van der Waals surface area contributed by atoms with Crippen molar-refractivity contribution in [2.45, 2.75) is 12.5 Å². The molecule has 11 heteroatoms. The maximum atomic E-state index is 14.4. The van der Waals surface area contributed by atoms with E-state index >= 15 is 0 Å². The SMILES string of the molecule is Fc1ccc(-c2cc(F)c(C(F)(F)Oc3ccc(OC(F)(F)F)c(F)c3)c(F)c2)cc1. The van der Waals surface area contributed by atoms with E-state index in [1.165, 1.54) is 12.1 Å². The Bertz CT molecular complexity index is 1070. The molecule has 0 saturated heterocycles. The largest absolute Gasteiger partial charge is 0.573 e. The second-order valence-electron chi connectivity index (χ2n) is 6.08. The molecule has 0 bridgehead atoms. The van der Waals surface area contributed by atoms with Gasteiger partial charge in [0, 0.05) is 6.07 Å². The lowest BCUT2D eigenvalue weighted by Crippen LogP contribution is -2.25. The fraction of sp³-hybridized carbons (Fsp3) is 0.100. The number of ether oxygens (including phenoxy) is 2. The lowest BCUT2D eigenvalue weighted by molar-refractivity contribution is -0.275. The van der Waals surface area contributed by atoms with Gasteiger partial charge >= 0.3 is 12.5 Å². The highest BCUT2D eigenvalue weighted by Crippen LogP contribution is 2.38. The summed E-state index contributed by atoms with van der Waals surface area (Å²) in [6, 6.07) is 6.45. The van der Waals surface area contributed by atoms with Gasteiger partial charge in [0.25, 0.3) is 0 Å². The van der Waals surface area contributed by atoms with Gasteiger partial charge in [-0.25, -0.2) is 17.6 Å². The number of alkyl halides is 5. The van der Waals surface area contributed by atoms with Gasteiger partial charge in [-0.1, -0.05) is 12.1 Å². The summed E-state index contributed by atoms with van der Waals surface area (Å²) in [4.78, 5) is 0. The zero-order chi connectivity index (χ0) is 23.0. The Morgan fingerprint density at radius 1 is 0.581 bits per heavy atom. The number of rotatable bonds is 5. The molecule has 0 spiro atoms. The molecular formula is C20H9F9O2. The topological polar surface area (TPSA) is 18.5 Å².